The van der Waals surface area contributed by atoms with Crippen LogP contribution in [0.2, 0.25) is 0 Å². The van der Waals surface area contributed by atoms with Crippen molar-refractivity contribution < 1.29 is 35.9 Å². The average Bonchev–Trinajstić information content (AvgIpc) is 3.41. The molecule has 9 nitrogen and oxygen atoms in total. The number of alkyl halides is 6. The Labute approximate surface area is 213 Å². The third-order valence-corrected chi connectivity index (χ3v) is 6.45. The molecule has 0 bridgehead atoms. The summed E-state index contributed by atoms with van der Waals surface area (Å²) < 4.78 is 79.9. The molecule has 0 saturated heterocycles. The summed E-state index contributed by atoms with van der Waals surface area (Å²) in [6, 6.07) is 0.615. The van der Waals surface area contributed by atoms with Gasteiger partial charge in [0.05, 0.1) is 23.6 Å². The lowest BCUT2D eigenvalue weighted by molar-refractivity contribution is -0.197. The van der Waals surface area contributed by atoms with Crippen LogP contribution in [0.5, 0.6) is 0 Å². The summed E-state index contributed by atoms with van der Waals surface area (Å²) in [6.07, 6.45) is -6.76. The number of aromatic nitrogens is 3. The van der Waals surface area contributed by atoms with E-state index in [0.717, 1.165) is 20.8 Å². The summed E-state index contributed by atoms with van der Waals surface area (Å²) in [6.45, 7) is 4.17. The molecular formula is C23H25F6N7O2. The predicted octanol–water partition coefficient (Wildman–Crippen LogP) is 3.90. The van der Waals surface area contributed by atoms with Gasteiger partial charge in [-0.25, -0.2) is 4.68 Å². The summed E-state index contributed by atoms with van der Waals surface area (Å²) in [7, 11) is 0. The van der Waals surface area contributed by atoms with E-state index in [-0.39, 0.29) is 29.3 Å². The Morgan fingerprint density at radius 2 is 1.74 bits per heavy atom. The number of nitrogen functional groups attached to an aromatic ring is 1. The highest BCUT2D eigenvalue weighted by atomic mass is 19.4. The molecule has 0 aliphatic carbocycles. The Bertz CT molecular complexity index is 1310. The molecule has 3 rings (SSSR count). The molecule has 3 heterocycles. The van der Waals surface area contributed by atoms with Gasteiger partial charge in [-0.3, -0.25) is 19.6 Å². The minimum absolute atomic E-state index is 0.00257. The minimum Gasteiger partial charge on any atom is -0.383 e. The molecule has 1 aliphatic heterocycles. The maximum Gasteiger partial charge on any atom is 0.410 e. The van der Waals surface area contributed by atoms with Gasteiger partial charge >= 0.3 is 12.4 Å². The first-order valence-electron chi connectivity index (χ1n) is 11.2. The molecule has 38 heavy (non-hydrogen) atoms. The van der Waals surface area contributed by atoms with Crippen molar-refractivity contribution in [2.45, 2.75) is 52.0 Å². The number of hydrogen-bond acceptors (Lipinski definition) is 6. The largest absolute Gasteiger partial charge is 0.410 e. The van der Waals surface area contributed by atoms with Crippen molar-refractivity contribution in [2.24, 2.45) is 16.1 Å². The molecule has 5 N–H and O–H groups in total. The molecule has 2 unspecified atom stereocenters. The van der Waals surface area contributed by atoms with Crippen molar-refractivity contribution >= 4 is 23.5 Å². The Morgan fingerprint density at radius 3 is 2.24 bits per heavy atom. The van der Waals surface area contributed by atoms with Crippen LogP contribution in [0.4, 0.5) is 32.2 Å². The second-order valence-electron chi connectivity index (χ2n) is 9.32. The van der Waals surface area contributed by atoms with Crippen molar-refractivity contribution in [3.8, 4) is 11.4 Å². The fourth-order valence-electron chi connectivity index (χ4n) is 3.55. The first-order chi connectivity index (χ1) is 17.4. The number of nitrogens with zero attached hydrogens (tertiary/aromatic N) is 4. The molecule has 206 valence electrons. The molecule has 0 spiro atoms. The van der Waals surface area contributed by atoms with Gasteiger partial charge < -0.3 is 16.8 Å². The topological polar surface area (TPSA) is 141 Å². The van der Waals surface area contributed by atoms with E-state index in [9.17, 15) is 35.9 Å². The number of amidine groups is 1. The number of nitrogens with one attached hydrogen (secondary N) is 1. The van der Waals surface area contributed by atoms with Gasteiger partial charge in [-0.1, -0.05) is 6.07 Å². The van der Waals surface area contributed by atoms with Gasteiger partial charge in [0, 0.05) is 6.20 Å². The van der Waals surface area contributed by atoms with Crippen LogP contribution in [0.25, 0.3) is 11.4 Å². The van der Waals surface area contributed by atoms with Gasteiger partial charge in [-0.05, 0) is 51.0 Å². The van der Waals surface area contributed by atoms with Gasteiger partial charge in [-0.2, -0.15) is 31.4 Å². The maximum atomic E-state index is 13.3. The number of rotatable bonds is 6. The van der Waals surface area contributed by atoms with Crippen LogP contribution in [-0.4, -0.2) is 51.3 Å². The zero-order chi connectivity index (χ0) is 28.8. The number of nitrogens with two attached hydrogens (primary N) is 2. The molecule has 2 amide bonds. The molecule has 1 aliphatic rings. The SMILES string of the molecule is CC(C(=O)NC1=NCC(C(C)(C)C(F)(F)F)=C1)c1ccc(-c2nn(C(C)C(F)(F)F)c(N)c2C(N)=O)nc1. The van der Waals surface area contributed by atoms with Crippen molar-refractivity contribution in [3.05, 3.63) is 41.1 Å². The Kier molecular flexibility index (Phi) is 7.36. The smallest absolute Gasteiger partial charge is 0.383 e. The number of halogens is 6. The summed E-state index contributed by atoms with van der Waals surface area (Å²) in [5.41, 5.74) is 8.59. The predicted molar refractivity (Wildman–Crippen MR) is 126 cm³/mol. The van der Waals surface area contributed by atoms with Crippen LogP contribution in [0, 0.1) is 5.41 Å². The highest BCUT2D eigenvalue weighted by Gasteiger charge is 2.50. The molecule has 2 aromatic rings. The fourth-order valence-corrected chi connectivity index (χ4v) is 3.55. The lowest BCUT2D eigenvalue weighted by Gasteiger charge is -2.28. The van der Waals surface area contributed by atoms with E-state index in [1.54, 1.807) is 0 Å². The Balaban J connectivity index is 1.81. The van der Waals surface area contributed by atoms with E-state index in [1.165, 1.54) is 31.3 Å². The molecule has 0 aromatic carbocycles. The highest BCUT2D eigenvalue weighted by molar-refractivity contribution is 6.07. The van der Waals surface area contributed by atoms with Crippen LogP contribution in [0.1, 0.15) is 55.6 Å². The Hall–Kier alpha value is -3.91. The van der Waals surface area contributed by atoms with Crippen LogP contribution >= 0.6 is 0 Å². The molecule has 2 atom stereocenters. The Morgan fingerprint density at radius 1 is 1.11 bits per heavy atom. The molecule has 2 aromatic heterocycles. The van der Waals surface area contributed by atoms with Crippen LogP contribution in [-0.2, 0) is 4.79 Å². The summed E-state index contributed by atoms with van der Waals surface area (Å²) >= 11 is 0. The van der Waals surface area contributed by atoms with E-state index >= 15 is 0 Å². The number of hydrogen-bond donors (Lipinski definition) is 3. The molecule has 0 saturated carbocycles. The summed E-state index contributed by atoms with van der Waals surface area (Å²) in [5.74, 6) is -3.10. The third kappa shape index (κ3) is 5.36. The number of primary amides is 1. The van der Waals surface area contributed by atoms with Gasteiger partial charge in [0.15, 0.2) is 0 Å². The van der Waals surface area contributed by atoms with Gasteiger partial charge in [-0.15, -0.1) is 0 Å². The van der Waals surface area contributed by atoms with Crippen molar-refractivity contribution in [1.82, 2.24) is 20.1 Å². The van der Waals surface area contributed by atoms with E-state index in [0.29, 0.717) is 10.2 Å². The normalized spacial score (nSPS) is 16.1. The highest BCUT2D eigenvalue weighted by Crippen LogP contribution is 2.44. The number of carbonyl (C=O) groups is 2. The second kappa shape index (κ2) is 9.76. The molecular weight excluding hydrogens is 520 g/mol. The fraction of sp³-hybridized carbons (Fsp3) is 0.435. The molecule has 0 radical (unpaired) electrons. The monoisotopic (exact) mass is 545 g/mol. The summed E-state index contributed by atoms with van der Waals surface area (Å²) in [5, 5.41) is 6.29. The van der Waals surface area contributed by atoms with Gasteiger partial charge in [0.1, 0.15) is 29.0 Å². The standard InChI is InChI=1S/C23H25F6N7O2/c1-10(20(38)34-15-7-13(9-33-15)21(3,4)23(27,28)29)12-5-6-14(32-8-12)17-16(19(31)37)18(30)36(35-17)11(2)22(24,25)26/h5-8,10-11H,9,30H2,1-4H3,(H2,31,37)(H,33,34,38). The maximum absolute atomic E-state index is 13.3. The lowest BCUT2D eigenvalue weighted by Crippen LogP contribution is -2.35. The molecule has 0 fully saturated rings. The minimum atomic E-state index is -4.70. The molecule has 15 heteroatoms. The van der Waals surface area contributed by atoms with Crippen LogP contribution < -0.4 is 16.8 Å². The van der Waals surface area contributed by atoms with E-state index < -0.39 is 52.9 Å². The lowest BCUT2D eigenvalue weighted by atomic mass is 9.83. The van der Waals surface area contributed by atoms with E-state index in [1.807, 2.05) is 0 Å². The van der Waals surface area contributed by atoms with Gasteiger partial charge in [0.25, 0.3) is 5.91 Å². The number of amides is 2. The number of pyridine rings is 1. The first kappa shape index (κ1) is 28.7. The first-order valence-corrected chi connectivity index (χ1v) is 11.2. The van der Waals surface area contributed by atoms with Gasteiger partial charge in [0.2, 0.25) is 5.91 Å². The van der Waals surface area contributed by atoms with Crippen LogP contribution in [0.15, 0.2) is 35.0 Å². The number of aliphatic imine (C=N–C) groups is 1. The van der Waals surface area contributed by atoms with E-state index in [4.69, 9.17) is 11.5 Å². The third-order valence-electron chi connectivity index (χ3n) is 6.45. The number of anilines is 1. The van der Waals surface area contributed by atoms with E-state index in [2.05, 4.69) is 20.4 Å². The second-order valence-corrected chi connectivity index (χ2v) is 9.32. The zero-order valence-corrected chi connectivity index (χ0v) is 20.7. The van der Waals surface area contributed by atoms with Crippen LogP contribution in [0.3, 0.4) is 0 Å². The quantitative estimate of drug-likeness (QED) is 0.472. The average molecular weight is 545 g/mol. The number of carbonyl (C=O) groups excluding carboxylic acids is 2. The zero-order valence-electron chi connectivity index (χ0n) is 20.7. The van der Waals surface area contributed by atoms with Crippen molar-refractivity contribution in [1.29, 1.82) is 0 Å². The van der Waals surface area contributed by atoms with Crippen molar-refractivity contribution in [3.63, 3.8) is 0 Å². The summed E-state index contributed by atoms with van der Waals surface area (Å²) in [4.78, 5) is 32.7. The van der Waals surface area contributed by atoms with Crippen molar-refractivity contribution in [2.75, 3.05) is 12.3 Å².